The second-order valence-electron chi connectivity index (χ2n) is 7.11. The van der Waals surface area contributed by atoms with Gasteiger partial charge in [0.05, 0.1) is 16.8 Å². The van der Waals surface area contributed by atoms with Crippen LogP contribution in [-0.4, -0.2) is 25.3 Å². The van der Waals surface area contributed by atoms with Crippen molar-refractivity contribution in [3.63, 3.8) is 0 Å². The number of aryl methyl sites for hydroxylation is 2. The molecule has 3 aromatic rings. The van der Waals surface area contributed by atoms with Crippen LogP contribution in [0, 0.1) is 13.8 Å². The zero-order valence-electron chi connectivity index (χ0n) is 18.1. The van der Waals surface area contributed by atoms with Crippen LogP contribution in [0.2, 0.25) is 5.02 Å². The van der Waals surface area contributed by atoms with Crippen LogP contribution < -0.4 is 14.8 Å². The fourth-order valence-corrected chi connectivity index (χ4v) is 3.68. The summed E-state index contributed by atoms with van der Waals surface area (Å²) in [6, 6.07) is 17.0. The molecule has 3 rings (SSSR count). The second-order valence-corrected chi connectivity index (χ2v) is 8.37. The number of hydrogen-bond donors (Lipinski definition) is 1. The summed E-state index contributed by atoms with van der Waals surface area (Å²) in [5.74, 6) is 0.681. The van der Waals surface area contributed by atoms with Gasteiger partial charge in [-0.25, -0.2) is 0 Å². The molecule has 7 heteroatoms. The van der Waals surface area contributed by atoms with Gasteiger partial charge in [-0.3, -0.25) is 9.79 Å². The van der Waals surface area contributed by atoms with Crippen LogP contribution in [0.15, 0.2) is 64.1 Å². The molecule has 166 valence electrons. The van der Waals surface area contributed by atoms with Gasteiger partial charge in [0, 0.05) is 16.9 Å². The van der Waals surface area contributed by atoms with Gasteiger partial charge in [0.25, 0.3) is 5.91 Å². The quantitative estimate of drug-likeness (QED) is 0.332. The van der Waals surface area contributed by atoms with Crippen molar-refractivity contribution in [1.82, 2.24) is 0 Å². The fraction of sp³-hybridized carbons (Fsp3) is 0.200. The van der Waals surface area contributed by atoms with Gasteiger partial charge in [0.1, 0.15) is 0 Å². The summed E-state index contributed by atoms with van der Waals surface area (Å²) in [7, 11) is 0. The Kier molecular flexibility index (Phi) is 8.31. The molecule has 1 amide bonds. The average molecular weight is 516 g/mol. The van der Waals surface area contributed by atoms with Gasteiger partial charge in [-0.15, -0.1) is 0 Å². The maximum Gasteiger partial charge on any atom is 0.262 e. The predicted molar refractivity (Wildman–Crippen MR) is 134 cm³/mol. The molecule has 0 radical (unpaired) electrons. The minimum atomic E-state index is -0.301. The summed E-state index contributed by atoms with van der Waals surface area (Å²) < 4.78 is 12.2. The SMILES string of the molecule is CCOc1cc(C=Nc2ccccc2C)cc(Br)c1OCC(=O)Nc1ccc(C)c(Cl)c1. The zero-order chi connectivity index (χ0) is 23.1. The molecule has 32 heavy (non-hydrogen) atoms. The van der Waals surface area contributed by atoms with E-state index in [0.29, 0.717) is 33.3 Å². The Bertz CT molecular complexity index is 1150. The molecule has 1 N–H and O–H groups in total. The molecule has 0 saturated carbocycles. The normalized spacial score (nSPS) is 10.9. The highest BCUT2D eigenvalue weighted by Gasteiger charge is 2.14. The van der Waals surface area contributed by atoms with Gasteiger partial charge in [0.2, 0.25) is 0 Å². The predicted octanol–water partition coefficient (Wildman–Crippen LogP) is 6.89. The molecule has 0 saturated heterocycles. The first-order valence-electron chi connectivity index (χ1n) is 10.1. The highest BCUT2D eigenvalue weighted by molar-refractivity contribution is 9.10. The molecule has 0 aromatic heterocycles. The van der Waals surface area contributed by atoms with Crippen molar-refractivity contribution < 1.29 is 14.3 Å². The Morgan fingerprint density at radius 2 is 1.88 bits per heavy atom. The van der Waals surface area contributed by atoms with Crippen LogP contribution in [0.25, 0.3) is 0 Å². The first kappa shape index (κ1) is 23.8. The summed E-state index contributed by atoms with van der Waals surface area (Å²) in [5, 5.41) is 3.37. The van der Waals surface area contributed by atoms with Gasteiger partial charge in [-0.1, -0.05) is 35.9 Å². The third kappa shape index (κ3) is 6.34. The maximum atomic E-state index is 12.4. The number of nitrogens with zero attached hydrogens (tertiary/aromatic N) is 1. The van der Waals surface area contributed by atoms with Crippen LogP contribution in [0.3, 0.4) is 0 Å². The molecule has 0 heterocycles. The Balaban J connectivity index is 1.73. The first-order valence-corrected chi connectivity index (χ1v) is 11.3. The van der Waals surface area contributed by atoms with Crippen molar-refractivity contribution >= 4 is 51.0 Å². The Labute approximate surface area is 201 Å². The van der Waals surface area contributed by atoms with Gasteiger partial charge in [0.15, 0.2) is 18.1 Å². The van der Waals surface area contributed by atoms with Crippen molar-refractivity contribution in [1.29, 1.82) is 0 Å². The lowest BCUT2D eigenvalue weighted by atomic mass is 10.2. The van der Waals surface area contributed by atoms with Crippen LogP contribution in [0.4, 0.5) is 11.4 Å². The summed E-state index contributed by atoms with van der Waals surface area (Å²) in [4.78, 5) is 16.9. The lowest BCUT2D eigenvalue weighted by molar-refractivity contribution is -0.118. The molecular weight excluding hydrogens is 492 g/mol. The molecule has 5 nitrogen and oxygen atoms in total. The molecule has 0 aliphatic carbocycles. The maximum absolute atomic E-state index is 12.4. The highest BCUT2D eigenvalue weighted by Crippen LogP contribution is 2.37. The van der Waals surface area contributed by atoms with E-state index in [1.54, 1.807) is 18.3 Å². The summed E-state index contributed by atoms with van der Waals surface area (Å²) in [6.07, 6.45) is 1.77. The number of anilines is 1. The Morgan fingerprint density at radius 3 is 2.59 bits per heavy atom. The van der Waals surface area contributed by atoms with Gasteiger partial charge >= 0.3 is 0 Å². The van der Waals surface area contributed by atoms with Crippen molar-refractivity contribution in [3.8, 4) is 11.5 Å². The molecule has 0 aliphatic heterocycles. The summed E-state index contributed by atoms with van der Waals surface area (Å²) in [6.45, 7) is 6.08. The number of ether oxygens (including phenoxy) is 2. The smallest absolute Gasteiger partial charge is 0.262 e. The van der Waals surface area contributed by atoms with Crippen molar-refractivity contribution in [2.75, 3.05) is 18.5 Å². The van der Waals surface area contributed by atoms with E-state index in [0.717, 1.165) is 22.4 Å². The Morgan fingerprint density at radius 1 is 1.09 bits per heavy atom. The number of halogens is 2. The fourth-order valence-electron chi connectivity index (χ4n) is 2.92. The third-order valence-corrected chi connectivity index (χ3v) is 5.60. The zero-order valence-corrected chi connectivity index (χ0v) is 20.5. The number of aliphatic imine (C=N–C) groups is 1. The number of amides is 1. The number of rotatable bonds is 8. The minimum absolute atomic E-state index is 0.180. The topological polar surface area (TPSA) is 59.9 Å². The van der Waals surface area contributed by atoms with Gasteiger partial charge in [-0.2, -0.15) is 0 Å². The van der Waals surface area contributed by atoms with E-state index < -0.39 is 0 Å². The molecule has 0 spiro atoms. The lowest BCUT2D eigenvalue weighted by Gasteiger charge is -2.15. The number of hydrogen-bond acceptors (Lipinski definition) is 4. The molecule has 0 bridgehead atoms. The van der Waals surface area contributed by atoms with E-state index in [1.807, 2.05) is 63.2 Å². The largest absolute Gasteiger partial charge is 0.490 e. The molecule has 0 atom stereocenters. The van der Waals surface area contributed by atoms with Gasteiger partial charge in [-0.05, 0) is 83.7 Å². The summed E-state index contributed by atoms with van der Waals surface area (Å²) in [5.41, 5.74) is 4.39. The first-order chi connectivity index (χ1) is 15.4. The number of carbonyl (C=O) groups is 1. The van der Waals surface area contributed by atoms with Crippen molar-refractivity contribution in [2.24, 2.45) is 4.99 Å². The standard InChI is InChI=1S/C25H24BrClN2O3/c1-4-31-23-12-18(14-28-22-8-6-5-7-17(22)3)11-20(26)25(23)32-15-24(30)29-19-10-9-16(2)21(27)13-19/h5-14H,4,15H2,1-3H3,(H,29,30). The van der Waals surface area contributed by atoms with Crippen LogP contribution >= 0.6 is 27.5 Å². The number of benzene rings is 3. The lowest BCUT2D eigenvalue weighted by Crippen LogP contribution is -2.20. The monoisotopic (exact) mass is 514 g/mol. The molecule has 0 aliphatic rings. The molecule has 3 aromatic carbocycles. The number of para-hydroxylation sites is 1. The van der Waals surface area contributed by atoms with Crippen molar-refractivity contribution in [3.05, 3.63) is 80.8 Å². The second kappa shape index (κ2) is 11.2. The van der Waals surface area contributed by atoms with Crippen LogP contribution in [-0.2, 0) is 4.79 Å². The number of carbonyl (C=O) groups excluding carboxylic acids is 1. The van der Waals surface area contributed by atoms with E-state index >= 15 is 0 Å². The van der Waals surface area contributed by atoms with E-state index in [1.165, 1.54) is 0 Å². The molecular formula is C25H24BrClN2O3. The van der Waals surface area contributed by atoms with Crippen LogP contribution in [0.5, 0.6) is 11.5 Å². The Hall–Kier alpha value is -2.83. The van der Waals surface area contributed by atoms with E-state index in [9.17, 15) is 4.79 Å². The van der Waals surface area contributed by atoms with Crippen molar-refractivity contribution in [2.45, 2.75) is 20.8 Å². The molecule has 0 fully saturated rings. The average Bonchev–Trinajstić information content (AvgIpc) is 2.75. The van der Waals surface area contributed by atoms with Gasteiger partial charge < -0.3 is 14.8 Å². The summed E-state index contributed by atoms with van der Waals surface area (Å²) >= 11 is 9.65. The van der Waals surface area contributed by atoms with E-state index in [-0.39, 0.29) is 12.5 Å². The minimum Gasteiger partial charge on any atom is -0.490 e. The van der Waals surface area contributed by atoms with Crippen LogP contribution in [0.1, 0.15) is 23.6 Å². The highest BCUT2D eigenvalue weighted by atomic mass is 79.9. The third-order valence-electron chi connectivity index (χ3n) is 4.60. The van der Waals surface area contributed by atoms with E-state index in [2.05, 4.69) is 26.2 Å². The molecule has 0 unspecified atom stereocenters. The number of nitrogens with one attached hydrogen (secondary N) is 1. The van der Waals surface area contributed by atoms with E-state index in [4.69, 9.17) is 21.1 Å².